The monoisotopic (exact) mass is 514 g/mol. The van der Waals surface area contributed by atoms with Gasteiger partial charge in [-0.25, -0.2) is 17.5 Å². The van der Waals surface area contributed by atoms with E-state index >= 15 is 0 Å². The Kier molecular flexibility index (Phi) is 7.51. The van der Waals surface area contributed by atoms with E-state index in [4.69, 9.17) is 33.0 Å². The number of carbonyl (C=O) groups is 3. The summed E-state index contributed by atoms with van der Waals surface area (Å²) in [4.78, 5) is 36.5. The summed E-state index contributed by atoms with van der Waals surface area (Å²) in [6.45, 7) is 0.554. The summed E-state index contributed by atoms with van der Waals surface area (Å²) < 4.78 is 32.2. The maximum Gasteiger partial charge on any atom is 0.344 e. The van der Waals surface area contributed by atoms with Gasteiger partial charge < -0.3 is 15.2 Å². The Hall–Kier alpha value is -2.82. The molecule has 176 valence electrons. The van der Waals surface area contributed by atoms with Gasteiger partial charge in [0.05, 0.1) is 10.8 Å². The number of aliphatic carboxylic acids is 1. The number of nitrogens with zero attached hydrogens (tertiary/aromatic N) is 1. The Morgan fingerprint density at radius 1 is 1.18 bits per heavy atom. The molecule has 1 fully saturated rings. The number of carboxylic acids is 1. The van der Waals surface area contributed by atoms with Crippen molar-refractivity contribution < 1.29 is 32.6 Å². The lowest BCUT2D eigenvalue weighted by atomic mass is 9.97. The van der Waals surface area contributed by atoms with Gasteiger partial charge in [-0.15, -0.1) is 0 Å². The van der Waals surface area contributed by atoms with Gasteiger partial charge in [-0.3, -0.25) is 9.59 Å². The van der Waals surface area contributed by atoms with Crippen molar-refractivity contribution in [2.24, 2.45) is 5.92 Å². The number of halogens is 2. The van der Waals surface area contributed by atoms with Crippen molar-refractivity contribution in [3.8, 4) is 5.75 Å². The number of carboxylic acid groups (broad SMARTS) is 1. The molecule has 1 saturated heterocycles. The number of benzene rings is 2. The van der Waals surface area contributed by atoms with Gasteiger partial charge in [0.25, 0.3) is 10.0 Å². The largest absolute Gasteiger partial charge is 0.479 e. The van der Waals surface area contributed by atoms with Crippen LogP contribution in [0.25, 0.3) is 0 Å². The second-order valence-corrected chi connectivity index (χ2v) is 10.1. The van der Waals surface area contributed by atoms with Crippen LogP contribution in [-0.4, -0.2) is 54.8 Å². The van der Waals surface area contributed by atoms with Gasteiger partial charge >= 0.3 is 5.97 Å². The number of hydrogen-bond donors (Lipinski definition) is 2. The highest BCUT2D eigenvalue weighted by atomic mass is 35.5. The van der Waals surface area contributed by atoms with Crippen LogP contribution >= 0.6 is 23.2 Å². The molecule has 0 radical (unpaired) electrons. The summed E-state index contributed by atoms with van der Waals surface area (Å²) in [5, 5.41) is 12.3. The third-order valence-corrected chi connectivity index (χ3v) is 7.21. The number of ether oxygens (including phenoxy) is 1. The molecule has 2 amide bonds. The predicted molar refractivity (Wildman–Crippen MR) is 120 cm³/mol. The van der Waals surface area contributed by atoms with E-state index in [1.165, 1.54) is 49.4 Å². The second kappa shape index (κ2) is 9.98. The third kappa shape index (κ3) is 5.76. The van der Waals surface area contributed by atoms with Crippen LogP contribution in [0.3, 0.4) is 0 Å². The van der Waals surface area contributed by atoms with E-state index in [1.807, 2.05) is 0 Å². The zero-order valence-electron chi connectivity index (χ0n) is 17.3. The molecule has 1 aliphatic rings. The highest BCUT2D eigenvalue weighted by Crippen LogP contribution is 2.29. The van der Waals surface area contributed by atoms with Crippen LogP contribution in [0.1, 0.15) is 12.5 Å². The molecule has 33 heavy (non-hydrogen) atoms. The van der Waals surface area contributed by atoms with Gasteiger partial charge in [-0.2, -0.15) is 0 Å². The fourth-order valence-corrected chi connectivity index (χ4v) is 4.95. The Morgan fingerprint density at radius 2 is 1.82 bits per heavy atom. The lowest BCUT2D eigenvalue weighted by Gasteiger charge is -2.24. The smallest absolute Gasteiger partial charge is 0.344 e. The lowest BCUT2D eigenvalue weighted by molar-refractivity contribution is -0.144. The molecule has 0 spiro atoms. The minimum atomic E-state index is -4.33. The third-order valence-electron chi connectivity index (χ3n) is 4.97. The van der Waals surface area contributed by atoms with Crippen molar-refractivity contribution >= 4 is 51.0 Å². The molecule has 2 unspecified atom stereocenters. The first-order valence-corrected chi connectivity index (χ1v) is 12.0. The predicted octanol–water partition coefficient (Wildman–Crippen LogP) is 2.35. The summed E-state index contributed by atoms with van der Waals surface area (Å²) in [5.41, 5.74) is 0.397. The van der Waals surface area contributed by atoms with Crippen LogP contribution in [0.5, 0.6) is 5.75 Å². The van der Waals surface area contributed by atoms with Gasteiger partial charge in [-0.05, 0) is 61.4 Å². The first-order chi connectivity index (χ1) is 15.5. The first kappa shape index (κ1) is 24.8. The van der Waals surface area contributed by atoms with Gasteiger partial charge in [0, 0.05) is 16.6 Å². The van der Waals surface area contributed by atoms with Crippen LogP contribution in [0.15, 0.2) is 47.4 Å². The number of rotatable bonds is 7. The van der Waals surface area contributed by atoms with Gasteiger partial charge in [-0.1, -0.05) is 23.2 Å². The molecule has 2 aromatic carbocycles. The molecule has 3 rings (SSSR count). The summed E-state index contributed by atoms with van der Waals surface area (Å²) >= 11 is 11.9. The van der Waals surface area contributed by atoms with Gasteiger partial charge in [0.15, 0.2) is 6.10 Å². The van der Waals surface area contributed by atoms with Crippen molar-refractivity contribution in [1.29, 1.82) is 0 Å². The van der Waals surface area contributed by atoms with Crippen molar-refractivity contribution in [3.05, 3.63) is 58.1 Å². The molecular weight excluding hydrogens is 495 g/mol. The van der Waals surface area contributed by atoms with Crippen LogP contribution in [0, 0.1) is 5.92 Å². The maximum absolute atomic E-state index is 13.3. The quantitative estimate of drug-likeness (QED) is 0.579. The van der Waals surface area contributed by atoms with Crippen molar-refractivity contribution in [2.75, 3.05) is 13.1 Å². The van der Waals surface area contributed by atoms with Crippen molar-refractivity contribution in [1.82, 2.24) is 9.62 Å². The summed E-state index contributed by atoms with van der Waals surface area (Å²) in [6.07, 6.45) is -1.22. The highest BCUT2D eigenvalue weighted by Gasteiger charge is 2.38. The minimum Gasteiger partial charge on any atom is -0.479 e. The average Bonchev–Trinajstić information content (AvgIpc) is 2.89. The summed E-state index contributed by atoms with van der Waals surface area (Å²) in [6, 6.07) is 9.71. The zero-order chi connectivity index (χ0) is 24.3. The normalized spacial score (nSPS) is 17.8. The summed E-state index contributed by atoms with van der Waals surface area (Å²) in [5.74, 6) is -3.40. The summed E-state index contributed by atoms with van der Waals surface area (Å²) in [7, 11) is -4.33. The molecule has 0 saturated carbocycles. The fraction of sp³-hybridized carbons (Fsp3) is 0.286. The molecule has 0 bridgehead atoms. The molecule has 1 aliphatic heterocycles. The van der Waals surface area contributed by atoms with E-state index < -0.39 is 46.4 Å². The van der Waals surface area contributed by atoms with E-state index in [2.05, 4.69) is 5.32 Å². The number of carbonyl (C=O) groups excluding carboxylic acids is 2. The number of sulfonamides is 1. The van der Waals surface area contributed by atoms with Crippen molar-refractivity contribution in [3.63, 3.8) is 0 Å². The van der Waals surface area contributed by atoms with Gasteiger partial charge in [0.2, 0.25) is 11.8 Å². The maximum atomic E-state index is 13.3. The van der Waals surface area contributed by atoms with Crippen molar-refractivity contribution in [2.45, 2.75) is 24.3 Å². The average molecular weight is 515 g/mol. The number of nitrogens with one attached hydrogen (secondary N) is 1. The van der Waals surface area contributed by atoms with E-state index in [-0.39, 0.29) is 23.6 Å². The van der Waals surface area contributed by atoms with Crippen LogP contribution in [-0.2, 0) is 30.8 Å². The number of amides is 2. The van der Waals surface area contributed by atoms with E-state index in [1.54, 1.807) is 0 Å². The zero-order valence-corrected chi connectivity index (χ0v) is 19.7. The number of hydrogen-bond acceptors (Lipinski definition) is 6. The molecule has 0 aliphatic carbocycles. The molecule has 9 nitrogen and oxygen atoms in total. The molecular formula is C21H20Cl2N2O7S. The fourth-order valence-electron chi connectivity index (χ4n) is 3.22. The Labute approximate surface area is 200 Å². The minimum absolute atomic E-state index is 0.0476. The molecule has 12 heteroatoms. The van der Waals surface area contributed by atoms with Gasteiger partial charge in [0.1, 0.15) is 12.3 Å². The standard InChI is InChI=1S/C21H20Cl2N2O7S/c1-12(21(28)29)32-18-7-4-16(23)9-13(18)8-14-10-24-19(26)11-25(20(14)27)33(30,31)17-5-2-15(22)3-6-17/h2-7,9,12,14H,8,10-11H2,1H3,(H,24,26)(H,28,29). The molecule has 2 atom stereocenters. The Balaban J connectivity index is 1.94. The molecule has 2 aromatic rings. The van der Waals surface area contributed by atoms with Crippen LogP contribution in [0.4, 0.5) is 0 Å². The van der Waals surface area contributed by atoms with Crippen LogP contribution < -0.4 is 10.1 Å². The molecule has 1 heterocycles. The van der Waals surface area contributed by atoms with E-state index in [0.717, 1.165) is 0 Å². The SMILES string of the molecule is CC(Oc1ccc(Cl)cc1CC1CNC(=O)CN(S(=O)(=O)c2ccc(Cl)cc2)C1=O)C(=O)O. The Bertz CT molecular complexity index is 1190. The molecule has 0 aromatic heterocycles. The lowest BCUT2D eigenvalue weighted by Crippen LogP contribution is -2.42. The molecule has 2 N–H and O–H groups in total. The topological polar surface area (TPSA) is 130 Å². The highest BCUT2D eigenvalue weighted by molar-refractivity contribution is 7.89. The van der Waals surface area contributed by atoms with E-state index in [0.29, 0.717) is 19.9 Å². The second-order valence-electron chi connectivity index (χ2n) is 7.36. The van der Waals surface area contributed by atoms with E-state index in [9.17, 15) is 22.8 Å². The first-order valence-electron chi connectivity index (χ1n) is 9.75. The Morgan fingerprint density at radius 3 is 2.45 bits per heavy atom. The van der Waals surface area contributed by atoms with Crippen LogP contribution in [0.2, 0.25) is 10.0 Å².